The van der Waals surface area contributed by atoms with Crippen LogP contribution in [0.3, 0.4) is 0 Å². The molecule has 5 nitrogen and oxygen atoms in total. The van der Waals surface area contributed by atoms with E-state index in [-0.39, 0.29) is 5.69 Å². The Morgan fingerprint density at radius 3 is 2.30 bits per heavy atom. The molecule has 1 N–H and O–H groups in total. The number of rotatable bonds is 2. The van der Waals surface area contributed by atoms with Gasteiger partial charge in [0.05, 0.1) is 23.1 Å². The van der Waals surface area contributed by atoms with Crippen LogP contribution < -0.4 is 5.32 Å². The average molecular weight is 375 g/mol. The van der Waals surface area contributed by atoms with Gasteiger partial charge >= 0.3 is 6.18 Å². The summed E-state index contributed by atoms with van der Waals surface area (Å²) < 4.78 is 41.5. The van der Waals surface area contributed by atoms with E-state index in [1.807, 2.05) is 0 Å². The van der Waals surface area contributed by atoms with Crippen molar-refractivity contribution >= 4 is 11.8 Å². The van der Waals surface area contributed by atoms with E-state index in [0.29, 0.717) is 5.56 Å². The second kappa shape index (κ2) is 5.88. The number of nitrogens with zero attached hydrogens (tertiary/aromatic N) is 2. The van der Waals surface area contributed by atoms with E-state index >= 15 is 0 Å². The molecule has 2 aliphatic rings. The number of hydrogen-bond acceptors (Lipinski definition) is 4. The fourth-order valence-electron chi connectivity index (χ4n) is 4.28. The highest BCUT2D eigenvalue weighted by molar-refractivity contribution is 6.07. The minimum absolute atomic E-state index is 0.273. The van der Waals surface area contributed by atoms with E-state index in [2.05, 4.69) is 10.3 Å². The maximum atomic E-state index is 13.8. The molecule has 0 bridgehead atoms. The Morgan fingerprint density at radius 2 is 1.70 bits per heavy atom. The van der Waals surface area contributed by atoms with Crippen LogP contribution in [0.15, 0.2) is 54.7 Å². The monoisotopic (exact) mass is 375 g/mol. The molecule has 4 rings (SSSR count). The Hall–Kier alpha value is -2.74. The zero-order chi connectivity index (χ0) is 19.4. The van der Waals surface area contributed by atoms with E-state index in [1.165, 1.54) is 13.2 Å². The first-order valence-electron chi connectivity index (χ1n) is 8.41. The van der Waals surface area contributed by atoms with Crippen LogP contribution in [0.2, 0.25) is 0 Å². The molecule has 0 saturated carbocycles. The molecule has 8 heteroatoms. The lowest BCUT2D eigenvalue weighted by atomic mass is 9.73. The van der Waals surface area contributed by atoms with Crippen LogP contribution in [0.5, 0.6) is 0 Å². The van der Waals surface area contributed by atoms with Gasteiger partial charge in [-0.2, -0.15) is 13.2 Å². The molecule has 1 aromatic carbocycles. The van der Waals surface area contributed by atoms with Gasteiger partial charge < -0.3 is 0 Å². The summed E-state index contributed by atoms with van der Waals surface area (Å²) in [4.78, 5) is 30.5. The maximum absolute atomic E-state index is 13.8. The van der Waals surface area contributed by atoms with Gasteiger partial charge in [-0.1, -0.05) is 36.4 Å². The van der Waals surface area contributed by atoms with Gasteiger partial charge in [0.25, 0.3) is 0 Å². The number of halogens is 3. The van der Waals surface area contributed by atoms with Crippen molar-refractivity contribution in [3.63, 3.8) is 0 Å². The van der Waals surface area contributed by atoms with Crippen LogP contribution in [0.4, 0.5) is 13.2 Å². The van der Waals surface area contributed by atoms with Crippen LogP contribution in [-0.4, -0.2) is 41.0 Å². The molecule has 4 atom stereocenters. The molecule has 27 heavy (non-hydrogen) atoms. The van der Waals surface area contributed by atoms with Gasteiger partial charge in [-0.15, -0.1) is 0 Å². The molecule has 0 aliphatic carbocycles. The summed E-state index contributed by atoms with van der Waals surface area (Å²) in [5.41, 5.74) is -0.818. The number of fused-ring (bicyclic) bond motifs is 1. The van der Waals surface area contributed by atoms with Crippen LogP contribution in [0.25, 0.3) is 0 Å². The summed E-state index contributed by atoms with van der Waals surface area (Å²) in [5.74, 6) is -4.24. The summed E-state index contributed by atoms with van der Waals surface area (Å²) in [7, 11) is 1.23. The minimum Gasteiger partial charge on any atom is -0.290 e. The standard InChI is InChI=1S/C19H16F3N3O2/c1-25-16(26)13-14(17(25)27)18(11-7-3-2-4-8-11,12-9-5-6-10-23-12)24-15(13)19(20,21)22/h2-10,13-15,24H,1H3/t13-,14-,15+,18+/m0/s1. The Labute approximate surface area is 153 Å². The third-order valence-corrected chi connectivity index (χ3v) is 5.43. The molecule has 1 aromatic heterocycles. The van der Waals surface area contributed by atoms with E-state index < -0.39 is 41.4 Å². The van der Waals surface area contributed by atoms with Crippen LogP contribution in [0, 0.1) is 11.8 Å². The zero-order valence-electron chi connectivity index (χ0n) is 14.3. The van der Waals surface area contributed by atoms with Crippen molar-refractivity contribution in [2.24, 2.45) is 11.8 Å². The van der Waals surface area contributed by atoms with Gasteiger partial charge in [0, 0.05) is 13.2 Å². The number of carbonyl (C=O) groups excluding carboxylic acids is 2. The van der Waals surface area contributed by atoms with E-state index in [9.17, 15) is 22.8 Å². The summed E-state index contributed by atoms with van der Waals surface area (Å²) in [5, 5.41) is 2.60. The molecule has 2 aromatic rings. The minimum atomic E-state index is -4.70. The highest BCUT2D eigenvalue weighted by Gasteiger charge is 2.71. The van der Waals surface area contributed by atoms with Gasteiger partial charge in [-0.3, -0.25) is 24.8 Å². The first-order valence-corrected chi connectivity index (χ1v) is 8.41. The highest BCUT2D eigenvalue weighted by atomic mass is 19.4. The summed E-state index contributed by atoms with van der Waals surface area (Å²) in [6.45, 7) is 0. The number of alkyl halides is 3. The molecular formula is C19H16F3N3O2. The van der Waals surface area contributed by atoms with Crippen molar-refractivity contribution in [1.29, 1.82) is 0 Å². The lowest BCUT2D eigenvalue weighted by Crippen LogP contribution is -2.53. The van der Waals surface area contributed by atoms with E-state index in [1.54, 1.807) is 48.5 Å². The Balaban J connectivity index is 2.01. The zero-order valence-corrected chi connectivity index (χ0v) is 14.3. The number of nitrogens with one attached hydrogen (secondary N) is 1. The molecule has 2 aliphatic heterocycles. The molecule has 2 amide bonds. The first-order chi connectivity index (χ1) is 12.8. The van der Waals surface area contributed by atoms with Crippen molar-refractivity contribution in [2.45, 2.75) is 17.8 Å². The van der Waals surface area contributed by atoms with E-state index in [0.717, 1.165) is 4.90 Å². The summed E-state index contributed by atoms with van der Waals surface area (Å²) >= 11 is 0. The predicted octanol–water partition coefficient (Wildman–Crippen LogP) is 2.09. The molecule has 3 heterocycles. The van der Waals surface area contributed by atoms with Crippen molar-refractivity contribution in [3.8, 4) is 0 Å². The number of amides is 2. The third-order valence-electron chi connectivity index (χ3n) is 5.43. The van der Waals surface area contributed by atoms with Crippen LogP contribution >= 0.6 is 0 Å². The molecule has 0 radical (unpaired) electrons. The predicted molar refractivity (Wildman–Crippen MR) is 89.2 cm³/mol. The maximum Gasteiger partial charge on any atom is 0.404 e. The lowest BCUT2D eigenvalue weighted by molar-refractivity contribution is -0.168. The fraction of sp³-hybridized carbons (Fsp3) is 0.316. The van der Waals surface area contributed by atoms with Crippen molar-refractivity contribution in [2.75, 3.05) is 7.05 Å². The Morgan fingerprint density at radius 1 is 1.04 bits per heavy atom. The van der Waals surface area contributed by atoms with Gasteiger partial charge in [0.15, 0.2) is 0 Å². The number of aromatic nitrogens is 1. The second-order valence-electron chi connectivity index (χ2n) is 6.79. The first kappa shape index (κ1) is 17.7. The second-order valence-corrected chi connectivity index (χ2v) is 6.79. The van der Waals surface area contributed by atoms with Gasteiger partial charge in [-0.05, 0) is 17.7 Å². The number of likely N-dealkylation sites (tertiary alicyclic amines) is 1. The summed E-state index contributed by atoms with van der Waals surface area (Å²) in [6.07, 6.45) is -3.24. The quantitative estimate of drug-likeness (QED) is 0.817. The van der Waals surface area contributed by atoms with Crippen molar-refractivity contribution in [1.82, 2.24) is 15.2 Å². The number of hydrogen-bond donors (Lipinski definition) is 1. The average Bonchev–Trinajstić information content (AvgIpc) is 3.14. The van der Waals surface area contributed by atoms with Gasteiger partial charge in [0.1, 0.15) is 6.04 Å². The number of imide groups is 1. The number of pyridine rings is 1. The Bertz CT molecular complexity index is 847. The van der Waals surface area contributed by atoms with Crippen LogP contribution in [-0.2, 0) is 15.1 Å². The Kier molecular flexibility index (Phi) is 3.85. The van der Waals surface area contributed by atoms with Crippen molar-refractivity contribution in [3.05, 3.63) is 66.0 Å². The van der Waals surface area contributed by atoms with Gasteiger partial charge in [-0.25, -0.2) is 0 Å². The number of benzene rings is 1. The topological polar surface area (TPSA) is 62.3 Å². The molecule has 0 unspecified atom stereocenters. The molecule has 2 saturated heterocycles. The normalized spacial score (nSPS) is 30.7. The molecule has 2 fully saturated rings. The van der Waals surface area contributed by atoms with Crippen LogP contribution in [0.1, 0.15) is 11.3 Å². The fourth-order valence-corrected chi connectivity index (χ4v) is 4.28. The highest BCUT2D eigenvalue weighted by Crippen LogP contribution is 2.53. The lowest BCUT2D eigenvalue weighted by Gasteiger charge is -2.35. The molecule has 0 spiro atoms. The number of carbonyl (C=O) groups is 2. The van der Waals surface area contributed by atoms with Crippen molar-refractivity contribution < 1.29 is 22.8 Å². The SMILES string of the molecule is CN1C(=O)[C@@H]2[C@H](C(F)(F)F)N[C@](c3ccccc3)(c3ccccn3)[C@@H]2C1=O. The smallest absolute Gasteiger partial charge is 0.290 e. The molecular weight excluding hydrogens is 359 g/mol. The van der Waals surface area contributed by atoms with E-state index in [4.69, 9.17) is 0 Å². The largest absolute Gasteiger partial charge is 0.404 e. The van der Waals surface area contributed by atoms with Gasteiger partial charge in [0.2, 0.25) is 11.8 Å². The third kappa shape index (κ3) is 2.39. The summed E-state index contributed by atoms with van der Waals surface area (Å²) in [6, 6.07) is 11.1. The molecule has 140 valence electrons.